The Hall–Kier alpha value is -0.388. The zero-order chi connectivity index (χ0) is 8.27. The molecule has 0 aromatic heterocycles. The maximum Gasteiger partial charge on any atom is 0.335 e. The molecule has 1 rings (SSSR count). The van der Waals surface area contributed by atoms with Crippen LogP contribution in [0.4, 0.5) is 0 Å². The number of benzene rings is 1. The van der Waals surface area contributed by atoms with Crippen molar-refractivity contribution in [3.8, 4) is 0 Å². The molecule has 0 aliphatic heterocycles. The van der Waals surface area contributed by atoms with Crippen molar-refractivity contribution in [1.29, 1.82) is 0 Å². The first kappa shape index (κ1) is 11.6. The van der Waals surface area contributed by atoms with Crippen LogP contribution >= 0.6 is 0 Å². The van der Waals surface area contributed by atoms with Gasteiger partial charge >= 0.3 is 5.97 Å². The summed E-state index contributed by atoms with van der Waals surface area (Å²) in [6.45, 7) is 2.00. The van der Waals surface area contributed by atoms with Crippen LogP contribution in [-0.2, 0) is 33.7 Å². The van der Waals surface area contributed by atoms with Crippen molar-refractivity contribution < 1.29 is 37.2 Å². The van der Waals surface area contributed by atoms with Gasteiger partial charge in [-0.15, -0.1) is 0 Å². The molecule has 3 heteroatoms. The summed E-state index contributed by atoms with van der Waals surface area (Å²) in [4.78, 5) is 10.5. The normalized spacial score (nSPS) is 8.75. The molecule has 2 nitrogen and oxygen atoms in total. The topological polar surface area (TPSA) is 37.3 Å². The zero-order valence-electron chi connectivity index (χ0n) is 7.08. The molecule has 12 heavy (non-hydrogen) atoms. The van der Waals surface area contributed by atoms with E-state index >= 15 is 0 Å². The number of rotatable bonds is 2. The summed E-state index contributed by atoms with van der Waals surface area (Å²) in [5, 5.41) is 8.60. The Labute approximate surface area is 91.8 Å². The molecule has 0 saturated heterocycles. The van der Waals surface area contributed by atoms with Gasteiger partial charge in [-0.1, -0.05) is 19.1 Å². The van der Waals surface area contributed by atoms with Crippen molar-refractivity contribution in [3.05, 3.63) is 35.4 Å². The number of hydrogen-bond donors (Lipinski definition) is 1. The molecule has 0 unspecified atom stereocenters. The predicted octanol–water partition coefficient (Wildman–Crippen LogP) is 1.94. The number of hydrogen-bond acceptors (Lipinski definition) is 1. The van der Waals surface area contributed by atoms with E-state index in [-0.39, 0.29) is 27.3 Å². The quantitative estimate of drug-likeness (QED) is 0.827. The Morgan fingerprint density at radius 3 is 2.67 bits per heavy atom. The minimum Gasteiger partial charge on any atom is -0.478 e. The Morgan fingerprint density at radius 2 is 2.17 bits per heavy atom. The fourth-order valence-electron chi connectivity index (χ4n) is 0.924. The summed E-state index contributed by atoms with van der Waals surface area (Å²) in [5.41, 5.74) is 1.43. The first-order valence-electron chi connectivity index (χ1n) is 3.56. The molecule has 1 N–H and O–H groups in total. The van der Waals surface area contributed by atoms with E-state index < -0.39 is 5.97 Å². The van der Waals surface area contributed by atoms with Crippen molar-refractivity contribution in [2.45, 2.75) is 13.3 Å². The summed E-state index contributed by atoms with van der Waals surface area (Å²) in [5.74, 6) is -0.861. The molecule has 0 amide bonds. The average molecular weight is 263 g/mol. The second kappa shape index (κ2) is 5.29. The Morgan fingerprint density at radius 1 is 1.50 bits per heavy atom. The SMILES string of the molecule is CCc1cccc(C(=O)O)c1.[Cd]. The van der Waals surface area contributed by atoms with Crippen LogP contribution in [0.3, 0.4) is 0 Å². The number of carbonyl (C=O) groups is 1. The molecular weight excluding hydrogens is 253 g/mol. The maximum absolute atomic E-state index is 10.5. The molecule has 0 fully saturated rings. The summed E-state index contributed by atoms with van der Waals surface area (Å²) in [7, 11) is 0. The summed E-state index contributed by atoms with van der Waals surface area (Å²) >= 11 is 0. The second-order valence-electron chi connectivity index (χ2n) is 2.36. The van der Waals surface area contributed by atoms with Crippen molar-refractivity contribution in [2.24, 2.45) is 0 Å². The van der Waals surface area contributed by atoms with Gasteiger partial charge in [-0.05, 0) is 24.1 Å². The Kier molecular flexibility index (Phi) is 5.12. The van der Waals surface area contributed by atoms with Gasteiger partial charge in [0.15, 0.2) is 0 Å². The van der Waals surface area contributed by atoms with Crippen LogP contribution in [0.2, 0.25) is 0 Å². The van der Waals surface area contributed by atoms with Crippen LogP contribution in [-0.4, -0.2) is 11.1 Å². The molecule has 0 heterocycles. The number of aryl methyl sites for hydroxylation is 1. The number of carboxylic acid groups (broad SMARTS) is 1. The van der Waals surface area contributed by atoms with Gasteiger partial charge in [0.1, 0.15) is 0 Å². The number of aromatic carboxylic acids is 1. The third kappa shape index (κ3) is 2.92. The van der Waals surface area contributed by atoms with Gasteiger partial charge in [0, 0.05) is 27.3 Å². The van der Waals surface area contributed by atoms with E-state index in [0.717, 1.165) is 12.0 Å². The van der Waals surface area contributed by atoms with Crippen molar-refractivity contribution in [2.75, 3.05) is 0 Å². The molecule has 0 saturated carbocycles. The predicted molar refractivity (Wildman–Crippen MR) is 42.8 cm³/mol. The van der Waals surface area contributed by atoms with E-state index in [2.05, 4.69) is 0 Å². The molecule has 0 bridgehead atoms. The summed E-state index contributed by atoms with van der Waals surface area (Å²) in [6, 6.07) is 6.98. The number of carboxylic acids is 1. The van der Waals surface area contributed by atoms with Crippen molar-refractivity contribution >= 4 is 5.97 Å². The first-order valence-corrected chi connectivity index (χ1v) is 3.56. The molecule has 1 aromatic rings. The Bertz CT molecular complexity index is 271. The van der Waals surface area contributed by atoms with Gasteiger partial charge in [-0.3, -0.25) is 0 Å². The van der Waals surface area contributed by atoms with Crippen molar-refractivity contribution in [3.63, 3.8) is 0 Å². The van der Waals surface area contributed by atoms with Crippen LogP contribution in [0.25, 0.3) is 0 Å². The van der Waals surface area contributed by atoms with E-state index in [1.807, 2.05) is 13.0 Å². The Balaban J connectivity index is 0.00000121. The van der Waals surface area contributed by atoms with Crippen LogP contribution in [0.15, 0.2) is 24.3 Å². The molecule has 0 aliphatic carbocycles. The molecule has 0 atom stereocenters. The van der Waals surface area contributed by atoms with Crippen LogP contribution in [0.1, 0.15) is 22.8 Å². The largest absolute Gasteiger partial charge is 0.478 e. The van der Waals surface area contributed by atoms with Gasteiger partial charge in [-0.25, -0.2) is 4.79 Å². The fraction of sp³-hybridized carbons (Fsp3) is 0.222. The van der Waals surface area contributed by atoms with E-state index in [1.54, 1.807) is 18.2 Å². The minimum atomic E-state index is -0.861. The fourth-order valence-corrected chi connectivity index (χ4v) is 0.924. The van der Waals surface area contributed by atoms with Gasteiger partial charge < -0.3 is 5.11 Å². The third-order valence-electron chi connectivity index (χ3n) is 1.58. The standard InChI is InChI=1S/C9H10O2.Cd/c1-2-7-4-3-5-8(6-7)9(10)11;/h3-6H,2H2,1H3,(H,10,11);. The molecule has 0 spiro atoms. The van der Waals surface area contributed by atoms with E-state index in [0.29, 0.717) is 5.56 Å². The molecule has 1 aromatic carbocycles. The van der Waals surface area contributed by atoms with E-state index in [4.69, 9.17) is 5.11 Å². The summed E-state index contributed by atoms with van der Waals surface area (Å²) < 4.78 is 0. The van der Waals surface area contributed by atoms with Crippen LogP contribution in [0.5, 0.6) is 0 Å². The second-order valence-corrected chi connectivity index (χ2v) is 2.36. The van der Waals surface area contributed by atoms with Crippen LogP contribution < -0.4 is 0 Å². The van der Waals surface area contributed by atoms with Gasteiger partial charge in [0.2, 0.25) is 0 Å². The monoisotopic (exact) mass is 264 g/mol. The summed E-state index contributed by atoms with van der Waals surface area (Å²) in [6.07, 6.45) is 0.876. The van der Waals surface area contributed by atoms with Gasteiger partial charge in [-0.2, -0.15) is 0 Å². The molecule has 0 radical (unpaired) electrons. The minimum absolute atomic E-state index is 0. The third-order valence-corrected chi connectivity index (χ3v) is 1.58. The first-order chi connectivity index (χ1) is 5.24. The van der Waals surface area contributed by atoms with Gasteiger partial charge in [0.25, 0.3) is 0 Å². The average Bonchev–Trinajstić information content (AvgIpc) is 2.05. The maximum atomic E-state index is 10.5. The van der Waals surface area contributed by atoms with Gasteiger partial charge in [0.05, 0.1) is 5.56 Å². The smallest absolute Gasteiger partial charge is 0.335 e. The molecule has 60 valence electrons. The van der Waals surface area contributed by atoms with Crippen LogP contribution in [0, 0.1) is 0 Å². The molecular formula is C9H10CdO2. The zero-order valence-corrected chi connectivity index (χ0v) is 11.1. The van der Waals surface area contributed by atoms with Crippen molar-refractivity contribution in [1.82, 2.24) is 0 Å². The molecule has 0 aliphatic rings. The van der Waals surface area contributed by atoms with E-state index in [9.17, 15) is 4.79 Å². The van der Waals surface area contributed by atoms with E-state index in [1.165, 1.54) is 0 Å².